The topological polar surface area (TPSA) is 58.2 Å². The van der Waals surface area contributed by atoms with Crippen molar-refractivity contribution in [2.45, 2.75) is 38.3 Å². The van der Waals surface area contributed by atoms with Crippen molar-refractivity contribution in [3.8, 4) is 0 Å². The second-order valence-electron chi connectivity index (χ2n) is 6.04. The summed E-state index contributed by atoms with van der Waals surface area (Å²) in [6.45, 7) is 9.68. The van der Waals surface area contributed by atoms with E-state index in [0.717, 1.165) is 17.8 Å². The van der Waals surface area contributed by atoms with Crippen LogP contribution in [0.15, 0.2) is 16.3 Å². The van der Waals surface area contributed by atoms with Crippen LogP contribution in [0, 0.1) is 11.3 Å². The Morgan fingerprint density at radius 1 is 1.30 bits per heavy atom. The van der Waals surface area contributed by atoms with Gasteiger partial charge in [0.2, 0.25) is 10.0 Å². The van der Waals surface area contributed by atoms with Gasteiger partial charge in [-0.05, 0) is 43.5 Å². The van der Waals surface area contributed by atoms with Crippen LogP contribution in [0.5, 0.6) is 0 Å². The van der Waals surface area contributed by atoms with E-state index in [9.17, 15) is 8.42 Å². The number of sulfonamides is 1. The Bertz CT molecular complexity index is 519. The highest BCUT2D eigenvalue weighted by Gasteiger charge is 2.26. The van der Waals surface area contributed by atoms with Gasteiger partial charge < -0.3 is 5.32 Å². The summed E-state index contributed by atoms with van der Waals surface area (Å²) < 4.78 is 27.7. The van der Waals surface area contributed by atoms with Gasteiger partial charge in [0.1, 0.15) is 4.21 Å². The molecule has 0 aromatic carbocycles. The first-order valence-electron chi connectivity index (χ1n) is 6.92. The Balaban J connectivity index is 2.72. The largest absolute Gasteiger partial charge is 0.319 e. The Kier molecular flexibility index (Phi) is 6.19. The van der Waals surface area contributed by atoms with Gasteiger partial charge in [-0.2, -0.15) is 0 Å². The molecule has 1 rings (SSSR count). The van der Waals surface area contributed by atoms with Gasteiger partial charge in [0.05, 0.1) is 0 Å². The Morgan fingerprint density at radius 3 is 2.50 bits per heavy atom. The van der Waals surface area contributed by atoms with Crippen molar-refractivity contribution in [3.63, 3.8) is 0 Å². The van der Waals surface area contributed by atoms with Gasteiger partial charge in [0.15, 0.2) is 0 Å². The SMILES string of the molecule is CNCCc1ccc(S(=O)(=O)NCC(C)(C)C(C)C)s1. The molecule has 0 fully saturated rings. The molecule has 0 bridgehead atoms. The van der Waals surface area contributed by atoms with Crippen LogP contribution in [-0.4, -0.2) is 28.6 Å². The zero-order valence-electron chi connectivity index (χ0n) is 13.0. The quantitative estimate of drug-likeness (QED) is 0.774. The molecule has 0 saturated heterocycles. The lowest BCUT2D eigenvalue weighted by Crippen LogP contribution is -2.36. The Hall–Kier alpha value is -0.430. The summed E-state index contributed by atoms with van der Waals surface area (Å²) in [7, 11) is -1.49. The van der Waals surface area contributed by atoms with Gasteiger partial charge in [-0.1, -0.05) is 27.7 Å². The van der Waals surface area contributed by atoms with Crippen LogP contribution in [0.25, 0.3) is 0 Å². The van der Waals surface area contributed by atoms with Crippen LogP contribution in [0.1, 0.15) is 32.6 Å². The van der Waals surface area contributed by atoms with E-state index in [2.05, 4.69) is 37.7 Å². The molecule has 0 amide bonds. The second kappa shape index (κ2) is 7.02. The fourth-order valence-electron chi connectivity index (χ4n) is 1.44. The zero-order valence-corrected chi connectivity index (χ0v) is 14.6. The average Bonchev–Trinajstić information content (AvgIpc) is 2.83. The van der Waals surface area contributed by atoms with Crippen molar-refractivity contribution in [2.24, 2.45) is 11.3 Å². The van der Waals surface area contributed by atoms with Crippen molar-refractivity contribution in [1.82, 2.24) is 10.0 Å². The number of hydrogen-bond donors (Lipinski definition) is 2. The van der Waals surface area contributed by atoms with E-state index < -0.39 is 10.0 Å². The first kappa shape index (κ1) is 17.6. The van der Waals surface area contributed by atoms with Crippen molar-refractivity contribution in [2.75, 3.05) is 20.1 Å². The molecule has 2 N–H and O–H groups in total. The summed E-state index contributed by atoms with van der Waals surface area (Å²) >= 11 is 1.35. The number of nitrogens with one attached hydrogen (secondary N) is 2. The maximum absolute atomic E-state index is 12.3. The fraction of sp³-hybridized carbons (Fsp3) is 0.714. The molecule has 1 heterocycles. The minimum Gasteiger partial charge on any atom is -0.319 e. The molecular formula is C14H26N2O2S2. The number of hydrogen-bond acceptors (Lipinski definition) is 4. The smallest absolute Gasteiger partial charge is 0.250 e. The minimum absolute atomic E-state index is 0.0563. The van der Waals surface area contributed by atoms with Crippen molar-refractivity contribution >= 4 is 21.4 Å². The molecule has 0 aliphatic heterocycles. The zero-order chi connectivity index (χ0) is 15.4. The summed E-state index contributed by atoms with van der Waals surface area (Å²) in [5.74, 6) is 0.416. The molecule has 0 saturated carbocycles. The summed E-state index contributed by atoms with van der Waals surface area (Å²) in [6, 6.07) is 3.59. The normalized spacial score (nSPS) is 13.1. The van der Waals surface area contributed by atoms with E-state index >= 15 is 0 Å². The highest BCUT2D eigenvalue weighted by atomic mass is 32.2. The van der Waals surface area contributed by atoms with E-state index in [1.165, 1.54) is 11.3 Å². The predicted molar refractivity (Wildman–Crippen MR) is 85.8 cm³/mol. The fourth-order valence-corrected chi connectivity index (χ4v) is 4.06. The van der Waals surface area contributed by atoms with Crippen LogP contribution < -0.4 is 10.0 Å². The van der Waals surface area contributed by atoms with E-state index in [4.69, 9.17) is 0 Å². The molecule has 4 nitrogen and oxygen atoms in total. The third-order valence-electron chi connectivity index (χ3n) is 3.80. The summed E-state index contributed by atoms with van der Waals surface area (Å²) in [5, 5.41) is 3.06. The van der Waals surface area contributed by atoms with Gasteiger partial charge in [-0.25, -0.2) is 13.1 Å². The van der Waals surface area contributed by atoms with Crippen molar-refractivity contribution in [1.29, 1.82) is 0 Å². The number of rotatable bonds is 8. The third-order valence-corrected chi connectivity index (χ3v) is 6.84. The summed E-state index contributed by atoms with van der Waals surface area (Å²) in [5.41, 5.74) is -0.0563. The molecule has 20 heavy (non-hydrogen) atoms. The lowest BCUT2D eigenvalue weighted by atomic mass is 9.81. The minimum atomic E-state index is -3.38. The van der Waals surface area contributed by atoms with Crippen LogP contribution in [0.3, 0.4) is 0 Å². The molecule has 0 aliphatic carbocycles. The standard InChI is InChI=1S/C14H26N2O2S2/c1-11(2)14(3,4)10-16-20(17,18)13-7-6-12(19-13)8-9-15-5/h6-7,11,15-16H,8-10H2,1-5H3. The van der Waals surface area contributed by atoms with Crippen LogP contribution in [0.2, 0.25) is 0 Å². The molecule has 1 aromatic rings. The number of likely N-dealkylation sites (N-methyl/N-ethyl adjacent to an activating group) is 1. The maximum atomic E-state index is 12.3. The molecule has 0 unspecified atom stereocenters. The molecule has 0 spiro atoms. The maximum Gasteiger partial charge on any atom is 0.250 e. The van der Waals surface area contributed by atoms with Gasteiger partial charge in [-0.3, -0.25) is 0 Å². The molecule has 0 atom stereocenters. The third kappa shape index (κ3) is 4.84. The highest BCUT2D eigenvalue weighted by molar-refractivity contribution is 7.91. The Morgan fingerprint density at radius 2 is 1.95 bits per heavy atom. The van der Waals surface area contributed by atoms with Crippen LogP contribution in [-0.2, 0) is 16.4 Å². The first-order chi connectivity index (χ1) is 9.19. The van der Waals surface area contributed by atoms with E-state index in [1.807, 2.05) is 13.1 Å². The Labute approximate surface area is 127 Å². The summed E-state index contributed by atoms with van der Waals surface area (Å²) in [4.78, 5) is 1.09. The number of thiophene rings is 1. The molecule has 6 heteroatoms. The van der Waals surface area contributed by atoms with Gasteiger partial charge >= 0.3 is 0 Å². The molecular weight excluding hydrogens is 292 g/mol. The predicted octanol–water partition coefficient (Wildman–Crippen LogP) is 2.47. The van der Waals surface area contributed by atoms with Gasteiger partial charge in [-0.15, -0.1) is 11.3 Å². The van der Waals surface area contributed by atoms with E-state index in [0.29, 0.717) is 16.7 Å². The van der Waals surface area contributed by atoms with Crippen LogP contribution >= 0.6 is 11.3 Å². The molecule has 0 aliphatic rings. The lowest BCUT2D eigenvalue weighted by molar-refractivity contribution is 0.252. The molecule has 116 valence electrons. The van der Waals surface area contributed by atoms with Gasteiger partial charge in [0.25, 0.3) is 0 Å². The first-order valence-corrected chi connectivity index (χ1v) is 9.22. The van der Waals surface area contributed by atoms with Crippen LogP contribution in [0.4, 0.5) is 0 Å². The lowest BCUT2D eigenvalue weighted by Gasteiger charge is -2.29. The monoisotopic (exact) mass is 318 g/mol. The van der Waals surface area contributed by atoms with Crippen molar-refractivity contribution < 1.29 is 8.42 Å². The molecule has 0 radical (unpaired) electrons. The second-order valence-corrected chi connectivity index (χ2v) is 9.20. The van der Waals surface area contributed by atoms with Gasteiger partial charge in [0, 0.05) is 11.4 Å². The van der Waals surface area contributed by atoms with E-state index in [-0.39, 0.29) is 5.41 Å². The van der Waals surface area contributed by atoms with E-state index in [1.54, 1.807) is 6.07 Å². The van der Waals surface area contributed by atoms with Crippen molar-refractivity contribution in [3.05, 3.63) is 17.0 Å². The highest BCUT2D eigenvalue weighted by Crippen LogP contribution is 2.27. The molecule has 1 aromatic heterocycles. The summed E-state index contributed by atoms with van der Waals surface area (Å²) in [6.07, 6.45) is 0.855. The average molecular weight is 319 g/mol.